The van der Waals surface area contributed by atoms with E-state index in [4.69, 9.17) is 4.74 Å². The maximum atomic E-state index is 11.7. The Kier molecular flexibility index (Phi) is 8.20. The summed E-state index contributed by atoms with van der Waals surface area (Å²) < 4.78 is 4.83. The first-order valence-electron chi connectivity index (χ1n) is 6.88. The number of hydrogen-bond donors (Lipinski definition) is 1. The van der Waals surface area contributed by atoms with Crippen LogP contribution in [0.2, 0.25) is 0 Å². The molecule has 4 nitrogen and oxygen atoms in total. The minimum atomic E-state index is -0.566. The second-order valence-corrected chi connectivity index (χ2v) is 5.30. The highest BCUT2D eigenvalue weighted by atomic mass is 16.5. The minimum absolute atomic E-state index is 0.186. The molecule has 0 spiro atoms. The molecule has 2 unspecified atom stereocenters. The summed E-state index contributed by atoms with van der Waals surface area (Å²) in [5.41, 5.74) is -0.566. The number of ether oxygens (including phenoxy) is 1. The molecule has 0 saturated heterocycles. The predicted octanol–water partition coefficient (Wildman–Crippen LogP) is 2.04. The van der Waals surface area contributed by atoms with Gasteiger partial charge in [0, 0.05) is 6.04 Å². The summed E-state index contributed by atoms with van der Waals surface area (Å²) >= 11 is 0. The monoisotopic (exact) mass is 258 g/mol. The van der Waals surface area contributed by atoms with E-state index in [1.54, 1.807) is 7.05 Å². The summed E-state index contributed by atoms with van der Waals surface area (Å²) in [6.45, 7) is 7.37. The number of nitrogens with zero attached hydrogens (tertiary/aromatic N) is 1. The average Bonchev–Trinajstić information content (AvgIpc) is 2.37. The van der Waals surface area contributed by atoms with Crippen molar-refractivity contribution in [3.05, 3.63) is 0 Å². The van der Waals surface area contributed by atoms with Crippen LogP contribution in [0.5, 0.6) is 0 Å². The van der Waals surface area contributed by atoms with Gasteiger partial charge in [-0.05, 0) is 53.8 Å². The van der Waals surface area contributed by atoms with Crippen molar-refractivity contribution in [3.8, 4) is 0 Å². The Morgan fingerprint density at radius 1 is 1.50 bits per heavy atom. The highest BCUT2D eigenvalue weighted by Crippen LogP contribution is 2.15. The fourth-order valence-electron chi connectivity index (χ4n) is 2.09. The van der Waals surface area contributed by atoms with Crippen molar-refractivity contribution < 1.29 is 9.53 Å². The molecule has 0 aromatic carbocycles. The van der Waals surface area contributed by atoms with Crippen LogP contribution in [0.25, 0.3) is 0 Å². The first-order valence-corrected chi connectivity index (χ1v) is 6.88. The van der Waals surface area contributed by atoms with Crippen molar-refractivity contribution in [2.45, 2.75) is 58.0 Å². The van der Waals surface area contributed by atoms with Gasteiger partial charge in [0.1, 0.15) is 5.54 Å². The first kappa shape index (κ1) is 17.4. The molecular formula is C14H30N2O2. The summed E-state index contributed by atoms with van der Waals surface area (Å²) in [4.78, 5) is 14.0. The molecule has 18 heavy (non-hydrogen) atoms. The molecule has 0 aromatic rings. The van der Waals surface area contributed by atoms with Gasteiger partial charge in [0.05, 0.1) is 7.11 Å². The van der Waals surface area contributed by atoms with Gasteiger partial charge in [-0.1, -0.05) is 13.3 Å². The number of carbonyl (C=O) groups excluding carboxylic acids is 1. The Labute approximate surface area is 112 Å². The molecule has 0 rings (SSSR count). The van der Waals surface area contributed by atoms with E-state index in [9.17, 15) is 4.79 Å². The van der Waals surface area contributed by atoms with Gasteiger partial charge in [0.15, 0.2) is 0 Å². The quantitative estimate of drug-likeness (QED) is 0.643. The van der Waals surface area contributed by atoms with Crippen molar-refractivity contribution in [1.82, 2.24) is 10.2 Å². The molecule has 0 radical (unpaired) electrons. The van der Waals surface area contributed by atoms with Crippen molar-refractivity contribution in [1.29, 1.82) is 0 Å². The van der Waals surface area contributed by atoms with E-state index in [0.717, 1.165) is 19.4 Å². The second-order valence-electron chi connectivity index (χ2n) is 5.30. The predicted molar refractivity (Wildman–Crippen MR) is 75.7 cm³/mol. The lowest BCUT2D eigenvalue weighted by atomic mass is 9.96. The van der Waals surface area contributed by atoms with Crippen LogP contribution < -0.4 is 5.32 Å². The number of methoxy groups -OCH3 is 1. The summed E-state index contributed by atoms with van der Waals surface area (Å²) in [5.74, 6) is -0.186. The van der Waals surface area contributed by atoms with Gasteiger partial charge < -0.3 is 15.0 Å². The topological polar surface area (TPSA) is 41.6 Å². The van der Waals surface area contributed by atoms with Gasteiger partial charge in [0.25, 0.3) is 0 Å². The van der Waals surface area contributed by atoms with E-state index in [1.807, 2.05) is 6.92 Å². The Hall–Kier alpha value is -0.610. The van der Waals surface area contributed by atoms with Crippen LogP contribution in [0.4, 0.5) is 0 Å². The van der Waals surface area contributed by atoms with E-state index in [-0.39, 0.29) is 5.97 Å². The molecule has 0 aliphatic heterocycles. The Balaban J connectivity index is 4.12. The van der Waals surface area contributed by atoms with E-state index in [0.29, 0.717) is 6.04 Å². The largest absolute Gasteiger partial charge is 0.468 e. The third kappa shape index (κ3) is 5.36. The molecule has 0 heterocycles. The van der Waals surface area contributed by atoms with Gasteiger partial charge in [-0.15, -0.1) is 0 Å². The molecule has 0 fully saturated rings. The van der Waals surface area contributed by atoms with Crippen LogP contribution in [-0.4, -0.2) is 50.2 Å². The van der Waals surface area contributed by atoms with Crippen molar-refractivity contribution in [2.24, 2.45) is 0 Å². The summed E-state index contributed by atoms with van der Waals surface area (Å²) in [7, 11) is 5.39. The molecule has 0 bridgehead atoms. The van der Waals surface area contributed by atoms with Crippen molar-refractivity contribution in [3.63, 3.8) is 0 Å². The first-order chi connectivity index (χ1) is 8.41. The number of carbonyl (C=O) groups is 1. The molecule has 4 heteroatoms. The standard InChI is InChI=1S/C14H30N2O2/c1-7-9-12(2)16(5)11-8-10-14(3,15-4)13(17)18-6/h12,15H,7-11H2,1-6H3. The lowest BCUT2D eigenvalue weighted by molar-refractivity contribution is -0.148. The maximum absolute atomic E-state index is 11.7. The van der Waals surface area contributed by atoms with Crippen LogP contribution in [0.1, 0.15) is 46.5 Å². The van der Waals surface area contributed by atoms with Gasteiger partial charge >= 0.3 is 5.97 Å². The van der Waals surface area contributed by atoms with Crippen LogP contribution in [-0.2, 0) is 9.53 Å². The third-order valence-corrected chi connectivity index (χ3v) is 3.83. The van der Waals surface area contributed by atoms with E-state index in [1.165, 1.54) is 20.0 Å². The lowest BCUT2D eigenvalue weighted by Gasteiger charge is -2.29. The number of hydrogen-bond acceptors (Lipinski definition) is 4. The molecule has 0 aliphatic rings. The van der Waals surface area contributed by atoms with Gasteiger partial charge in [-0.3, -0.25) is 4.79 Å². The van der Waals surface area contributed by atoms with Crippen LogP contribution >= 0.6 is 0 Å². The zero-order valence-corrected chi connectivity index (χ0v) is 12.9. The van der Waals surface area contributed by atoms with Gasteiger partial charge in [-0.25, -0.2) is 0 Å². The van der Waals surface area contributed by atoms with Gasteiger partial charge in [0.2, 0.25) is 0 Å². The normalized spacial score (nSPS) is 16.4. The molecule has 0 amide bonds. The second kappa shape index (κ2) is 8.48. The number of nitrogens with one attached hydrogen (secondary N) is 1. The van der Waals surface area contributed by atoms with Crippen LogP contribution in [0.15, 0.2) is 0 Å². The fraction of sp³-hybridized carbons (Fsp3) is 0.929. The Bertz CT molecular complexity index is 246. The number of esters is 1. The molecule has 0 aliphatic carbocycles. The van der Waals surface area contributed by atoms with E-state index < -0.39 is 5.54 Å². The minimum Gasteiger partial charge on any atom is -0.468 e. The fourth-order valence-corrected chi connectivity index (χ4v) is 2.09. The third-order valence-electron chi connectivity index (χ3n) is 3.83. The average molecular weight is 258 g/mol. The Morgan fingerprint density at radius 2 is 2.11 bits per heavy atom. The smallest absolute Gasteiger partial charge is 0.325 e. The molecule has 0 saturated carbocycles. The SMILES string of the molecule is CCCC(C)N(C)CCCC(C)(NC)C(=O)OC. The Morgan fingerprint density at radius 3 is 2.56 bits per heavy atom. The summed E-state index contributed by atoms with van der Waals surface area (Å²) in [5, 5.41) is 3.06. The zero-order chi connectivity index (χ0) is 14.2. The molecule has 0 aromatic heterocycles. The van der Waals surface area contributed by atoms with E-state index in [2.05, 4.69) is 31.1 Å². The molecule has 108 valence electrons. The van der Waals surface area contributed by atoms with Crippen LogP contribution in [0.3, 0.4) is 0 Å². The number of likely N-dealkylation sites (N-methyl/N-ethyl adjacent to an activating group) is 1. The summed E-state index contributed by atoms with van der Waals surface area (Å²) in [6, 6.07) is 0.606. The number of rotatable bonds is 9. The van der Waals surface area contributed by atoms with E-state index >= 15 is 0 Å². The summed E-state index contributed by atoms with van der Waals surface area (Å²) in [6.07, 6.45) is 4.20. The van der Waals surface area contributed by atoms with Gasteiger partial charge in [-0.2, -0.15) is 0 Å². The molecular weight excluding hydrogens is 228 g/mol. The molecule has 1 N–H and O–H groups in total. The van der Waals surface area contributed by atoms with Crippen molar-refractivity contribution in [2.75, 3.05) is 27.7 Å². The molecule has 2 atom stereocenters. The van der Waals surface area contributed by atoms with Crippen LogP contribution in [0, 0.1) is 0 Å². The zero-order valence-electron chi connectivity index (χ0n) is 12.9. The highest BCUT2D eigenvalue weighted by Gasteiger charge is 2.31. The maximum Gasteiger partial charge on any atom is 0.325 e. The lowest BCUT2D eigenvalue weighted by Crippen LogP contribution is -2.48. The van der Waals surface area contributed by atoms with Crippen molar-refractivity contribution >= 4 is 5.97 Å². The highest BCUT2D eigenvalue weighted by molar-refractivity contribution is 5.80.